The van der Waals surface area contributed by atoms with Crippen molar-refractivity contribution in [3.8, 4) is 11.7 Å². The van der Waals surface area contributed by atoms with Gasteiger partial charge in [-0.3, -0.25) is 0 Å². The highest BCUT2D eigenvalue weighted by Crippen LogP contribution is 2.29. The van der Waals surface area contributed by atoms with Gasteiger partial charge in [-0.1, -0.05) is 6.07 Å². The van der Waals surface area contributed by atoms with Crippen molar-refractivity contribution in [1.82, 2.24) is 14.8 Å². The Kier molecular flexibility index (Phi) is 3.33. The van der Waals surface area contributed by atoms with Crippen LogP contribution in [0.3, 0.4) is 0 Å². The summed E-state index contributed by atoms with van der Waals surface area (Å²) in [6, 6.07) is 5.59. The Morgan fingerprint density at radius 3 is 2.71 bits per heavy atom. The van der Waals surface area contributed by atoms with E-state index in [1.54, 1.807) is 6.20 Å². The fraction of sp³-hybridized carbons (Fsp3) is 0.333. The van der Waals surface area contributed by atoms with Gasteiger partial charge in [-0.25, -0.2) is 4.98 Å². The van der Waals surface area contributed by atoms with E-state index in [-0.39, 0.29) is 18.3 Å². The molecule has 0 radical (unpaired) electrons. The number of halogens is 1. The van der Waals surface area contributed by atoms with E-state index in [9.17, 15) is 5.11 Å². The molecular weight excluding hydrogens is 238 g/mol. The lowest BCUT2D eigenvalue weighted by Gasteiger charge is -2.07. The van der Waals surface area contributed by atoms with Crippen LogP contribution in [-0.4, -0.2) is 19.9 Å². The van der Waals surface area contributed by atoms with Gasteiger partial charge >= 0.3 is 0 Å². The lowest BCUT2D eigenvalue weighted by Crippen LogP contribution is -2.00. The van der Waals surface area contributed by atoms with Crippen LogP contribution in [0.15, 0.2) is 24.4 Å². The van der Waals surface area contributed by atoms with Gasteiger partial charge in [0.15, 0.2) is 5.82 Å². The number of pyridine rings is 1. The molecule has 0 saturated heterocycles. The number of fused-ring (bicyclic) bond motifs is 1. The predicted molar refractivity (Wildman–Crippen MR) is 66.9 cm³/mol. The van der Waals surface area contributed by atoms with Gasteiger partial charge in [0.2, 0.25) is 5.88 Å². The van der Waals surface area contributed by atoms with E-state index in [4.69, 9.17) is 0 Å². The first-order valence-corrected chi connectivity index (χ1v) is 5.57. The molecule has 0 aromatic carbocycles. The summed E-state index contributed by atoms with van der Waals surface area (Å²) >= 11 is 0. The summed E-state index contributed by atoms with van der Waals surface area (Å²) in [7, 11) is 0. The van der Waals surface area contributed by atoms with Crippen molar-refractivity contribution in [2.75, 3.05) is 0 Å². The molecule has 1 aliphatic rings. The molecule has 2 aromatic heterocycles. The van der Waals surface area contributed by atoms with Crippen molar-refractivity contribution in [1.29, 1.82) is 0 Å². The average molecular weight is 252 g/mol. The molecule has 2 aromatic rings. The van der Waals surface area contributed by atoms with Crippen LogP contribution in [-0.2, 0) is 12.8 Å². The Balaban J connectivity index is 0.00000108. The molecule has 5 heteroatoms. The summed E-state index contributed by atoms with van der Waals surface area (Å²) in [6.07, 6.45) is 5.88. The minimum Gasteiger partial charge on any atom is -0.493 e. The standard InChI is InChI=1S/C12H13N3O.ClH/c16-12-9-5-1-2-6-10(9)14-15(12)11-7-3-4-8-13-11;/h3-4,7-8,16H,1-2,5-6H2;1H. The van der Waals surface area contributed by atoms with E-state index in [1.165, 1.54) is 4.68 Å². The third-order valence-electron chi connectivity index (χ3n) is 3.00. The smallest absolute Gasteiger partial charge is 0.219 e. The number of hydrogen-bond donors (Lipinski definition) is 1. The number of hydrogen-bond acceptors (Lipinski definition) is 3. The molecule has 17 heavy (non-hydrogen) atoms. The Labute approximate surface area is 106 Å². The minimum absolute atomic E-state index is 0. The predicted octanol–water partition coefficient (Wildman–Crippen LogP) is 2.27. The summed E-state index contributed by atoms with van der Waals surface area (Å²) in [6.45, 7) is 0. The summed E-state index contributed by atoms with van der Waals surface area (Å²) < 4.78 is 1.54. The highest BCUT2D eigenvalue weighted by atomic mass is 35.5. The molecule has 0 bridgehead atoms. The maximum atomic E-state index is 10.1. The normalized spacial score (nSPS) is 13.9. The van der Waals surface area contributed by atoms with Crippen LogP contribution in [0, 0.1) is 0 Å². The summed E-state index contributed by atoms with van der Waals surface area (Å²) in [4.78, 5) is 4.19. The summed E-state index contributed by atoms with van der Waals surface area (Å²) in [5.74, 6) is 0.933. The average Bonchev–Trinajstić information content (AvgIpc) is 2.69. The van der Waals surface area contributed by atoms with Gasteiger partial charge in [0.05, 0.1) is 5.69 Å². The Hall–Kier alpha value is -1.55. The van der Waals surface area contributed by atoms with Gasteiger partial charge in [-0.05, 0) is 37.8 Å². The van der Waals surface area contributed by atoms with E-state index in [1.807, 2.05) is 18.2 Å². The van der Waals surface area contributed by atoms with Crippen LogP contribution < -0.4 is 0 Å². The van der Waals surface area contributed by atoms with Gasteiger partial charge in [-0.2, -0.15) is 9.78 Å². The van der Waals surface area contributed by atoms with E-state index in [2.05, 4.69) is 10.1 Å². The summed E-state index contributed by atoms with van der Waals surface area (Å²) in [5, 5.41) is 14.5. The van der Waals surface area contributed by atoms with Gasteiger partial charge in [0, 0.05) is 11.8 Å². The molecule has 0 atom stereocenters. The second-order valence-corrected chi connectivity index (χ2v) is 4.06. The van der Waals surface area contributed by atoms with Crippen molar-refractivity contribution in [3.63, 3.8) is 0 Å². The van der Waals surface area contributed by atoms with Crippen molar-refractivity contribution in [2.24, 2.45) is 0 Å². The van der Waals surface area contributed by atoms with Crippen LogP contribution in [0.25, 0.3) is 5.82 Å². The maximum Gasteiger partial charge on any atom is 0.219 e. The highest BCUT2D eigenvalue weighted by molar-refractivity contribution is 5.85. The van der Waals surface area contributed by atoms with Crippen LogP contribution in [0.2, 0.25) is 0 Å². The second-order valence-electron chi connectivity index (χ2n) is 4.06. The van der Waals surface area contributed by atoms with E-state index in [0.29, 0.717) is 5.82 Å². The fourth-order valence-electron chi connectivity index (χ4n) is 2.18. The number of aromatic hydroxyl groups is 1. The molecule has 0 aliphatic heterocycles. The van der Waals surface area contributed by atoms with E-state index >= 15 is 0 Å². The minimum atomic E-state index is 0. The van der Waals surface area contributed by atoms with Crippen LogP contribution in [0.1, 0.15) is 24.1 Å². The Bertz CT molecular complexity index is 510. The molecule has 0 spiro atoms. The molecule has 3 rings (SSSR count). The molecule has 0 saturated carbocycles. The van der Waals surface area contributed by atoms with Crippen molar-refractivity contribution in [2.45, 2.75) is 25.7 Å². The third-order valence-corrected chi connectivity index (χ3v) is 3.00. The van der Waals surface area contributed by atoms with Crippen molar-refractivity contribution >= 4 is 12.4 Å². The Morgan fingerprint density at radius 1 is 1.18 bits per heavy atom. The zero-order valence-electron chi connectivity index (χ0n) is 9.33. The molecular formula is C12H14ClN3O. The molecule has 1 N–H and O–H groups in total. The van der Waals surface area contributed by atoms with Gasteiger partial charge in [-0.15, -0.1) is 12.4 Å². The molecule has 0 amide bonds. The lowest BCUT2D eigenvalue weighted by atomic mass is 9.98. The SMILES string of the molecule is Cl.Oc1c2c(nn1-c1ccccn1)CCCC2. The topological polar surface area (TPSA) is 50.9 Å². The van der Waals surface area contributed by atoms with Gasteiger partial charge < -0.3 is 5.11 Å². The highest BCUT2D eigenvalue weighted by Gasteiger charge is 2.20. The monoisotopic (exact) mass is 251 g/mol. The quantitative estimate of drug-likeness (QED) is 0.846. The molecule has 90 valence electrons. The lowest BCUT2D eigenvalue weighted by molar-refractivity contribution is 0.425. The third kappa shape index (κ3) is 2.00. The number of rotatable bonds is 1. The first kappa shape index (κ1) is 11.9. The summed E-state index contributed by atoms with van der Waals surface area (Å²) in [5.41, 5.74) is 2.02. The fourth-order valence-corrected chi connectivity index (χ4v) is 2.18. The first-order valence-electron chi connectivity index (χ1n) is 5.57. The second kappa shape index (κ2) is 4.75. The molecule has 1 aliphatic carbocycles. The number of nitrogens with zero attached hydrogens (tertiary/aromatic N) is 3. The van der Waals surface area contributed by atoms with Crippen LogP contribution in [0.4, 0.5) is 0 Å². The largest absolute Gasteiger partial charge is 0.493 e. The number of aryl methyl sites for hydroxylation is 1. The van der Waals surface area contributed by atoms with E-state index in [0.717, 1.165) is 36.9 Å². The van der Waals surface area contributed by atoms with E-state index < -0.39 is 0 Å². The Morgan fingerprint density at radius 2 is 2.00 bits per heavy atom. The van der Waals surface area contributed by atoms with Gasteiger partial charge in [0.1, 0.15) is 0 Å². The van der Waals surface area contributed by atoms with Crippen molar-refractivity contribution in [3.05, 3.63) is 35.7 Å². The molecule has 2 heterocycles. The molecule has 4 nitrogen and oxygen atoms in total. The maximum absolute atomic E-state index is 10.1. The van der Waals surface area contributed by atoms with Crippen LogP contribution >= 0.6 is 12.4 Å². The molecule has 0 fully saturated rings. The first-order chi connectivity index (χ1) is 7.86. The van der Waals surface area contributed by atoms with Crippen LogP contribution in [0.5, 0.6) is 5.88 Å². The molecule has 0 unspecified atom stereocenters. The van der Waals surface area contributed by atoms with Crippen molar-refractivity contribution < 1.29 is 5.11 Å². The number of aromatic nitrogens is 3. The zero-order valence-corrected chi connectivity index (χ0v) is 10.2. The van der Waals surface area contributed by atoms with Gasteiger partial charge in [0.25, 0.3) is 0 Å². The zero-order chi connectivity index (χ0) is 11.0.